The molecule has 0 fully saturated rings. The number of carbonyl (C=O) groups excluding carboxylic acids is 2. The van der Waals surface area contributed by atoms with Crippen LogP contribution in [-0.2, 0) is 26.2 Å². The largest absolute Gasteiger partial charge is 0.355 e. The van der Waals surface area contributed by atoms with Gasteiger partial charge in [-0.3, -0.25) is 13.9 Å². The van der Waals surface area contributed by atoms with E-state index in [0.29, 0.717) is 18.7 Å². The molecule has 7 nitrogen and oxygen atoms in total. The summed E-state index contributed by atoms with van der Waals surface area (Å²) in [4.78, 5) is 28.5. The lowest BCUT2D eigenvalue weighted by molar-refractivity contribution is -0.140. The predicted molar refractivity (Wildman–Crippen MR) is 147 cm³/mol. The fourth-order valence-electron chi connectivity index (χ4n) is 4.18. The molecular formula is C29H35N3O4S. The van der Waals surface area contributed by atoms with E-state index in [1.165, 1.54) is 17.0 Å². The number of amides is 2. The molecule has 0 bridgehead atoms. The molecule has 0 saturated carbocycles. The summed E-state index contributed by atoms with van der Waals surface area (Å²) in [5, 5.41) is 2.81. The van der Waals surface area contributed by atoms with E-state index in [-0.39, 0.29) is 17.3 Å². The minimum atomic E-state index is -4.06. The summed E-state index contributed by atoms with van der Waals surface area (Å²) < 4.78 is 28.7. The van der Waals surface area contributed by atoms with Crippen LogP contribution < -0.4 is 9.62 Å². The maximum atomic E-state index is 13.9. The molecule has 8 heteroatoms. The van der Waals surface area contributed by atoms with Gasteiger partial charge in [0.15, 0.2) is 0 Å². The molecule has 0 heterocycles. The van der Waals surface area contributed by atoms with Crippen molar-refractivity contribution in [1.82, 2.24) is 10.2 Å². The van der Waals surface area contributed by atoms with Crippen LogP contribution in [-0.4, -0.2) is 44.3 Å². The Hall–Kier alpha value is -3.65. The van der Waals surface area contributed by atoms with Crippen molar-refractivity contribution in [3.8, 4) is 0 Å². The Morgan fingerprint density at radius 2 is 1.49 bits per heavy atom. The highest BCUT2D eigenvalue weighted by Crippen LogP contribution is 2.27. The van der Waals surface area contributed by atoms with Crippen LogP contribution >= 0.6 is 0 Å². The minimum Gasteiger partial charge on any atom is -0.355 e. The number of sulfonamides is 1. The van der Waals surface area contributed by atoms with Crippen LogP contribution in [0.15, 0.2) is 83.8 Å². The molecule has 37 heavy (non-hydrogen) atoms. The molecule has 0 aliphatic rings. The third-order valence-corrected chi connectivity index (χ3v) is 7.98. The molecule has 2 amide bonds. The SMILES string of the molecule is CCNC(=O)[C@H](CC)N(Cc1ccc(C)cc1)C(=O)CN(c1ccccc1C)S(=O)(=O)c1ccccc1. The second-order valence-electron chi connectivity index (χ2n) is 8.94. The van der Waals surface area contributed by atoms with E-state index in [4.69, 9.17) is 0 Å². The van der Waals surface area contributed by atoms with Crippen LogP contribution in [0.25, 0.3) is 0 Å². The van der Waals surface area contributed by atoms with Crippen LogP contribution in [0.2, 0.25) is 0 Å². The van der Waals surface area contributed by atoms with Crippen molar-refractivity contribution in [2.24, 2.45) is 0 Å². The van der Waals surface area contributed by atoms with Crippen molar-refractivity contribution >= 4 is 27.5 Å². The highest BCUT2D eigenvalue weighted by atomic mass is 32.2. The Morgan fingerprint density at radius 1 is 0.865 bits per heavy atom. The number of nitrogens with zero attached hydrogens (tertiary/aromatic N) is 2. The molecule has 3 rings (SSSR count). The third-order valence-electron chi connectivity index (χ3n) is 6.20. The van der Waals surface area contributed by atoms with E-state index < -0.39 is 28.5 Å². The normalized spacial score (nSPS) is 12.0. The maximum absolute atomic E-state index is 13.9. The summed E-state index contributed by atoms with van der Waals surface area (Å²) >= 11 is 0. The van der Waals surface area contributed by atoms with Gasteiger partial charge in [-0.15, -0.1) is 0 Å². The van der Waals surface area contributed by atoms with Crippen molar-refractivity contribution in [3.05, 3.63) is 95.6 Å². The first-order valence-corrected chi connectivity index (χ1v) is 13.9. The van der Waals surface area contributed by atoms with E-state index >= 15 is 0 Å². The van der Waals surface area contributed by atoms with Crippen molar-refractivity contribution in [2.45, 2.75) is 51.6 Å². The highest BCUT2D eigenvalue weighted by molar-refractivity contribution is 7.92. The topological polar surface area (TPSA) is 86.8 Å². The molecular weight excluding hydrogens is 486 g/mol. The summed E-state index contributed by atoms with van der Waals surface area (Å²) in [5.74, 6) is -0.722. The molecule has 0 aromatic heterocycles. The minimum absolute atomic E-state index is 0.0897. The maximum Gasteiger partial charge on any atom is 0.264 e. The lowest BCUT2D eigenvalue weighted by Crippen LogP contribution is -2.52. The number of rotatable bonds is 11. The van der Waals surface area contributed by atoms with Crippen LogP contribution in [0.3, 0.4) is 0 Å². The van der Waals surface area contributed by atoms with E-state index in [2.05, 4.69) is 5.32 Å². The fraction of sp³-hybridized carbons (Fsp3) is 0.310. The van der Waals surface area contributed by atoms with Crippen LogP contribution in [0.4, 0.5) is 5.69 Å². The van der Waals surface area contributed by atoms with E-state index in [1.54, 1.807) is 43.3 Å². The number of hydrogen-bond donors (Lipinski definition) is 1. The molecule has 0 aliphatic carbocycles. The average Bonchev–Trinajstić information content (AvgIpc) is 2.89. The first kappa shape index (κ1) is 27.9. The molecule has 196 valence electrons. The van der Waals surface area contributed by atoms with Gasteiger partial charge >= 0.3 is 0 Å². The zero-order chi connectivity index (χ0) is 27.0. The summed E-state index contributed by atoms with van der Waals surface area (Å²) in [6, 6.07) is 22.1. The molecule has 1 N–H and O–H groups in total. The second kappa shape index (κ2) is 12.5. The highest BCUT2D eigenvalue weighted by Gasteiger charge is 2.33. The summed E-state index contributed by atoms with van der Waals surface area (Å²) in [6.45, 7) is 7.62. The van der Waals surface area contributed by atoms with Crippen LogP contribution in [0.5, 0.6) is 0 Å². The molecule has 0 saturated heterocycles. The van der Waals surface area contributed by atoms with E-state index in [0.717, 1.165) is 21.0 Å². The smallest absolute Gasteiger partial charge is 0.264 e. The lowest BCUT2D eigenvalue weighted by Gasteiger charge is -2.33. The number of hydrogen-bond acceptors (Lipinski definition) is 4. The summed E-state index contributed by atoms with van der Waals surface area (Å²) in [5.41, 5.74) is 3.07. The molecule has 3 aromatic rings. The molecule has 0 unspecified atom stereocenters. The van der Waals surface area contributed by atoms with E-state index in [9.17, 15) is 18.0 Å². The predicted octanol–water partition coefficient (Wildman–Crippen LogP) is 4.44. The van der Waals surface area contributed by atoms with Gasteiger partial charge in [-0.05, 0) is 56.5 Å². The molecule has 1 atom stereocenters. The summed E-state index contributed by atoms with van der Waals surface area (Å²) in [6.07, 6.45) is 0.388. The van der Waals surface area contributed by atoms with Gasteiger partial charge < -0.3 is 10.2 Å². The van der Waals surface area contributed by atoms with Crippen molar-refractivity contribution in [3.63, 3.8) is 0 Å². The number of carbonyl (C=O) groups is 2. The average molecular weight is 522 g/mol. The summed E-state index contributed by atoms with van der Waals surface area (Å²) in [7, 11) is -4.06. The van der Waals surface area contributed by atoms with Crippen LogP contribution in [0.1, 0.15) is 37.0 Å². The van der Waals surface area contributed by atoms with Gasteiger partial charge in [0.05, 0.1) is 10.6 Å². The van der Waals surface area contributed by atoms with Gasteiger partial charge in [-0.1, -0.05) is 73.2 Å². The fourth-order valence-corrected chi connectivity index (χ4v) is 5.68. The zero-order valence-corrected chi connectivity index (χ0v) is 22.7. The third kappa shape index (κ3) is 6.77. The Balaban J connectivity index is 2.05. The second-order valence-corrected chi connectivity index (χ2v) is 10.8. The van der Waals surface area contributed by atoms with Crippen molar-refractivity contribution < 1.29 is 18.0 Å². The Morgan fingerprint density at radius 3 is 2.08 bits per heavy atom. The van der Waals surface area contributed by atoms with Gasteiger partial charge in [0.1, 0.15) is 12.6 Å². The first-order chi connectivity index (χ1) is 17.7. The number of benzene rings is 3. The molecule has 3 aromatic carbocycles. The Kier molecular flexibility index (Phi) is 9.47. The zero-order valence-electron chi connectivity index (χ0n) is 21.8. The lowest BCUT2D eigenvalue weighted by atomic mass is 10.1. The molecule has 0 spiro atoms. The number of aryl methyl sites for hydroxylation is 2. The number of para-hydroxylation sites is 1. The van der Waals surface area contributed by atoms with Gasteiger partial charge in [-0.25, -0.2) is 8.42 Å². The van der Waals surface area contributed by atoms with E-state index in [1.807, 2.05) is 51.1 Å². The number of anilines is 1. The number of nitrogens with one attached hydrogen (secondary N) is 1. The standard InChI is InChI=1S/C29H35N3O4S/c1-5-26(29(34)30-6-2)31(20-24-18-16-22(3)17-19-24)28(33)21-32(27-15-11-10-12-23(27)4)37(35,36)25-13-8-7-9-14-25/h7-19,26H,5-6,20-21H2,1-4H3,(H,30,34)/t26-/m0/s1. The van der Waals surface area contributed by atoms with Crippen LogP contribution in [0, 0.1) is 13.8 Å². The van der Waals surface area contributed by atoms with Gasteiger partial charge in [0.2, 0.25) is 11.8 Å². The Bertz CT molecular complexity index is 1310. The molecule has 0 radical (unpaired) electrons. The first-order valence-electron chi connectivity index (χ1n) is 12.4. The quantitative estimate of drug-likeness (QED) is 0.404. The van der Waals surface area contributed by atoms with Gasteiger partial charge in [0, 0.05) is 13.1 Å². The van der Waals surface area contributed by atoms with Crippen molar-refractivity contribution in [2.75, 3.05) is 17.4 Å². The number of likely N-dealkylation sites (N-methyl/N-ethyl adjacent to an activating group) is 1. The van der Waals surface area contributed by atoms with Gasteiger partial charge in [0.25, 0.3) is 10.0 Å². The van der Waals surface area contributed by atoms with Gasteiger partial charge in [-0.2, -0.15) is 0 Å². The Labute approximate surface area is 220 Å². The van der Waals surface area contributed by atoms with Crippen molar-refractivity contribution in [1.29, 1.82) is 0 Å². The molecule has 0 aliphatic heterocycles. The monoisotopic (exact) mass is 521 g/mol.